The molecule has 0 aliphatic carbocycles. The zero-order valence-corrected chi connectivity index (χ0v) is 18.2. The Balaban J connectivity index is 0.00000320. The molecule has 1 aromatic heterocycles. The van der Waals surface area contributed by atoms with Crippen molar-refractivity contribution in [2.75, 3.05) is 18.4 Å². The van der Waals surface area contributed by atoms with Crippen molar-refractivity contribution >= 4 is 29.9 Å². The Morgan fingerprint density at radius 2 is 1.87 bits per heavy atom. The Morgan fingerprint density at radius 3 is 2.43 bits per heavy atom. The molecule has 3 N–H and O–H groups in total. The lowest BCUT2D eigenvalue weighted by Crippen LogP contribution is -2.30. The Kier molecular flexibility index (Phi) is 8.20. The van der Waals surface area contributed by atoms with Gasteiger partial charge in [0.15, 0.2) is 0 Å². The molecule has 0 bridgehead atoms. The number of carbonyl (C=O) groups is 2. The molecule has 1 aliphatic heterocycles. The summed E-state index contributed by atoms with van der Waals surface area (Å²) in [5.41, 5.74) is 0.954. The summed E-state index contributed by atoms with van der Waals surface area (Å²) in [6.45, 7) is 7.25. The molecule has 1 saturated heterocycles. The SMILES string of the molecule is Cc1cc(C2CCCNC2)oc(=O)c1C(=O)Nc1ccc(C(=O)NC(C)C)cc1.Cl. The fourth-order valence-electron chi connectivity index (χ4n) is 3.45. The standard InChI is InChI=1S/C22H27N3O4.ClH/c1-13(2)24-20(26)15-6-8-17(9-7-15)25-21(27)19-14(3)11-18(29-22(19)28)16-5-4-10-23-12-16;/h6-9,11,13,16,23H,4-5,10,12H2,1-3H3,(H,24,26)(H,25,27);1H. The van der Waals surface area contributed by atoms with Gasteiger partial charge in [0.2, 0.25) is 0 Å². The van der Waals surface area contributed by atoms with Crippen LogP contribution in [0.15, 0.2) is 39.5 Å². The fraction of sp³-hybridized carbons (Fsp3) is 0.409. The van der Waals surface area contributed by atoms with Gasteiger partial charge < -0.3 is 20.4 Å². The minimum atomic E-state index is -0.629. The van der Waals surface area contributed by atoms with Gasteiger partial charge in [-0.1, -0.05) is 0 Å². The van der Waals surface area contributed by atoms with Gasteiger partial charge >= 0.3 is 5.63 Å². The zero-order valence-electron chi connectivity index (χ0n) is 17.4. The largest absolute Gasteiger partial charge is 0.427 e. The van der Waals surface area contributed by atoms with E-state index in [1.165, 1.54) is 0 Å². The van der Waals surface area contributed by atoms with Crippen molar-refractivity contribution in [2.24, 2.45) is 0 Å². The molecule has 1 fully saturated rings. The maximum Gasteiger partial charge on any atom is 0.349 e. The van der Waals surface area contributed by atoms with E-state index in [0.29, 0.717) is 22.6 Å². The third-order valence-electron chi connectivity index (χ3n) is 4.92. The molecule has 162 valence electrons. The predicted octanol–water partition coefficient (Wildman–Crippen LogP) is 3.23. The van der Waals surface area contributed by atoms with Gasteiger partial charge in [0.05, 0.1) is 0 Å². The number of hydrogen-bond acceptors (Lipinski definition) is 5. The van der Waals surface area contributed by atoms with Gasteiger partial charge in [-0.2, -0.15) is 0 Å². The van der Waals surface area contributed by atoms with E-state index in [9.17, 15) is 14.4 Å². The van der Waals surface area contributed by atoms with Crippen LogP contribution in [-0.4, -0.2) is 30.9 Å². The number of benzene rings is 1. The van der Waals surface area contributed by atoms with Gasteiger partial charge in [-0.05, 0) is 76.1 Å². The monoisotopic (exact) mass is 433 g/mol. The number of nitrogens with one attached hydrogen (secondary N) is 3. The van der Waals surface area contributed by atoms with Crippen LogP contribution in [0.3, 0.4) is 0 Å². The number of anilines is 1. The highest BCUT2D eigenvalue weighted by atomic mass is 35.5. The van der Waals surface area contributed by atoms with E-state index in [1.807, 2.05) is 13.8 Å². The minimum Gasteiger partial charge on any atom is -0.427 e. The minimum absolute atomic E-state index is 0. The van der Waals surface area contributed by atoms with Crippen molar-refractivity contribution in [3.8, 4) is 0 Å². The number of amides is 2. The molecule has 0 saturated carbocycles. The van der Waals surface area contributed by atoms with Crippen LogP contribution in [0.2, 0.25) is 0 Å². The fourth-order valence-corrected chi connectivity index (χ4v) is 3.45. The van der Waals surface area contributed by atoms with Crippen LogP contribution in [0.25, 0.3) is 0 Å². The van der Waals surface area contributed by atoms with E-state index < -0.39 is 11.5 Å². The molecule has 8 heteroatoms. The molecular weight excluding hydrogens is 406 g/mol. The Hall–Kier alpha value is -2.64. The highest BCUT2D eigenvalue weighted by Gasteiger charge is 2.22. The number of halogens is 1. The molecule has 3 rings (SSSR count). The van der Waals surface area contributed by atoms with Crippen LogP contribution in [0.4, 0.5) is 5.69 Å². The lowest BCUT2D eigenvalue weighted by Gasteiger charge is -2.22. The van der Waals surface area contributed by atoms with Crippen LogP contribution in [-0.2, 0) is 0 Å². The smallest absolute Gasteiger partial charge is 0.349 e. The molecule has 2 heterocycles. The average molecular weight is 434 g/mol. The number of hydrogen-bond donors (Lipinski definition) is 3. The van der Waals surface area contributed by atoms with Crippen molar-refractivity contribution in [1.82, 2.24) is 10.6 Å². The summed E-state index contributed by atoms with van der Waals surface area (Å²) in [7, 11) is 0. The maximum atomic E-state index is 12.6. The molecule has 2 amide bonds. The van der Waals surface area contributed by atoms with E-state index in [4.69, 9.17) is 4.42 Å². The van der Waals surface area contributed by atoms with Gasteiger partial charge in [-0.3, -0.25) is 9.59 Å². The number of aryl methyl sites for hydroxylation is 1. The quantitative estimate of drug-likeness (QED) is 0.672. The van der Waals surface area contributed by atoms with E-state index in [2.05, 4.69) is 16.0 Å². The first-order valence-corrected chi connectivity index (χ1v) is 9.92. The maximum absolute atomic E-state index is 12.6. The molecule has 30 heavy (non-hydrogen) atoms. The summed E-state index contributed by atoms with van der Waals surface area (Å²) >= 11 is 0. The normalized spacial score (nSPS) is 15.9. The first-order valence-electron chi connectivity index (χ1n) is 9.92. The van der Waals surface area contributed by atoms with Gasteiger partial charge in [-0.25, -0.2) is 4.79 Å². The highest BCUT2D eigenvalue weighted by molar-refractivity contribution is 6.05. The van der Waals surface area contributed by atoms with Crippen molar-refractivity contribution in [2.45, 2.75) is 45.6 Å². The lowest BCUT2D eigenvalue weighted by atomic mass is 9.95. The van der Waals surface area contributed by atoms with Crippen LogP contribution >= 0.6 is 12.4 Å². The molecule has 7 nitrogen and oxygen atoms in total. The summed E-state index contributed by atoms with van der Waals surface area (Å²) in [6.07, 6.45) is 1.98. The van der Waals surface area contributed by atoms with Gasteiger partial charge in [-0.15, -0.1) is 12.4 Å². The summed E-state index contributed by atoms with van der Waals surface area (Å²) < 4.78 is 5.47. The van der Waals surface area contributed by atoms with Gasteiger partial charge in [0.25, 0.3) is 11.8 Å². The molecule has 1 aromatic carbocycles. The third kappa shape index (κ3) is 5.70. The van der Waals surface area contributed by atoms with E-state index in [1.54, 1.807) is 37.3 Å². The first-order chi connectivity index (χ1) is 13.8. The molecule has 2 aromatic rings. The predicted molar refractivity (Wildman–Crippen MR) is 119 cm³/mol. The second-order valence-electron chi connectivity index (χ2n) is 7.70. The summed E-state index contributed by atoms with van der Waals surface area (Å²) in [4.78, 5) is 37.1. The summed E-state index contributed by atoms with van der Waals surface area (Å²) in [6, 6.07) is 8.34. The lowest BCUT2D eigenvalue weighted by molar-refractivity contribution is 0.0942. The third-order valence-corrected chi connectivity index (χ3v) is 4.92. The highest BCUT2D eigenvalue weighted by Crippen LogP contribution is 2.24. The average Bonchev–Trinajstić information content (AvgIpc) is 2.68. The van der Waals surface area contributed by atoms with Crippen LogP contribution in [0.5, 0.6) is 0 Å². The van der Waals surface area contributed by atoms with Crippen molar-refractivity contribution in [3.63, 3.8) is 0 Å². The van der Waals surface area contributed by atoms with Crippen LogP contribution in [0, 0.1) is 6.92 Å². The van der Waals surface area contributed by atoms with Crippen molar-refractivity contribution < 1.29 is 14.0 Å². The molecule has 1 atom stereocenters. The van der Waals surface area contributed by atoms with Gasteiger partial charge in [0, 0.05) is 29.8 Å². The van der Waals surface area contributed by atoms with Gasteiger partial charge in [0.1, 0.15) is 11.3 Å². The topological polar surface area (TPSA) is 100 Å². The summed E-state index contributed by atoms with van der Waals surface area (Å²) in [5.74, 6) is 0.0691. The second kappa shape index (κ2) is 10.4. The molecule has 1 unspecified atom stereocenters. The molecule has 1 aliphatic rings. The Labute approximate surface area is 182 Å². The van der Waals surface area contributed by atoms with E-state index in [-0.39, 0.29) is 35.8 Å². The van der Waals surface area contributed by atoms with Crippen molar-refractivity contribution in [3.05, 3.63) is 63.2 Å². The number of piperidine rings is 1. The Morgan fingerprint density at radius 1 is 1.17 bits per heavy atom. The first kappa shape index (κ1) is 23.6. The van der Waals surface area contributed by atoms with Crippen molar-refractivity contribution in [1.29, 1.82) is 0 Å². The second-order valence-corrected chi connectivity index (χ2v) is 7.70. The molecule has 0 spiro atoms. The van der Waals surface area contributed by atoms with E-state index in [0.717, 1.165) is 25.9 Å². The van der Waals surface area contributed by atoms with Crippen LogP contribution < -0.4 is 21.6 Å². The number of carbonyl (C=O) groups excluding carboxylic acids is 2. The van der Waals surface area contributed by atoms with Crippen LogP contribution in [0.1, 0.15) is 64.6 Å². The summed E-state index contributed by atoms with van der Waals surface area (Å²) in [5, 5.41) is 8.81. The molecular formula is C22H28ClN3O4. The number of rotatable bonds is 5. The van der Waals surface area contributed by atoms with E-state index >= 15 is 0 Å². The Bertz CT molecular complexity index is 948. The zero-order chi connectivity index (χ0) is 21.0. The molecule has 0 radical (unpaired) electrons.